The molecule has 2 rings (SSSR count). The number of methoxy groups -OCH3 is 1. The summed E-state index contributed by atoms with van der Waals surface area (Å²) in [6.45, 7) is 2.50. The standard InChI is InChI=1S/C16H24N2O2/c1-20-16(19)10-15-7-2-3-8-18(15)12-14-6-4-5-13(9-14)11-17/h4-6,9,15H,2-3,7-8,10-12,17H2,1H3. The van der Waals surface area contributed by atoms with E-state index in [1.807, 2.05) is 6.07 Å². The molecule has 0 amide bonds. The number of carbonyl (C=O) groups excluding carboxylic acids is 1. The zero-order valence-electron chi connectivity index (χ0n) is 12.2. The predicted molar refractivity (Wildman–Crippen MR) is 79.0 cm³/mol. The van der Waals surface area contributed by atoms with Crippen LogP contribution in [0, 0.1) is 0 Å². The number of nitrogens with two attached hydrogens (primary N) is 1. The Morgan fingerprint density at radius 1 is 1.40 bits per heavy atom. The van der Waals surface area contributed by atoms with Gasteiger partial charge in [-0.2, -0.15) is 0 Å². The Balaban J connectivity index is 2.02. The Hall–Kier alpha value is -1.39. The van der Waals surface area contributed by atoms with Crippen molar-refractivity contribution in [2.24, 2.45) is 5.73 Å². The molecule has 1 aliphatic heterocycles. The van der Waals surface area contributed by atoms with Crippen LogP contribution in [0.2, 0.25) is 0 Å². The number of esters is 1. The topological polar surface area (TPSA) is 55.6 Å². The van der Waals surface area contributed by atoms with Gasteiger partial charge in [0.05, 0.1) is 13.5 Å². The largest absolute Gasteiger partial charge is 0.469 e. The number of likely N-dealkylation sites (tertiary alicyclic amines) is 1. The van der Waals surface area contributed by atoms with Crippen molar-refractivity contribution in [2.75, 3.05) is 13.7 Å². The molecule has 0 saturated carbocycles. The lowest BCUT2D eigenvalue weighted by molar-refractivity contribution is -0.142. The van der Waals surface area contributed by atoms with E-state index in [0.717, 1.165) is 25.1 Å². The third kappa shape index (κ3) is 4.05. The molecule has 0 aliphatic carbocycles. The van der Waals surface area contributed by atoms with Crippen molar-refractivity contribution in [2.45, 2.75) is 44.8 Å². The quantitative estimate of drug-likeness (QED) is 0.836. The molecular formula is C16H24N2O2. The van der Waals surface area contributed by atoms with Gasteiger partial charge >= 0.3 is 5.97 Å². The molecule has 0 aromatic heterocycles. The minimum absolute atomic E-state index is 0.113. The maximum absolute atomic E-state index is 11.5. The molecule has 0 radical (unpaired) electrons. The van der Waals surface area contributed by atoms with Crippen LogP contribution in [0.5, 0.6) is 0 Å². The fourth-order valence-electron chi connectivity index (χ4n) is 2.86. The molecule has 1 aromatic rings. The smallest absolute Gasteiger partial charge is 0.307 e. The molecule has 0 spiro atoms. The minimum atomic E-state index is -0.113. The Bertz CT molecular complexity index is 448. The van der Waals surface area contributed by atoms with E-state index in [4.69, 9.17) is 10.5 Å². The van der Waals surface area contributed by atoms with Gasteiger partial charge in [-0.3, -0.25) is 9.69 Å². The molecule has 4 nitrogen and oxygen atoms in total. The van der Waals surface area contributed by atoms with Crippen LogP contribution in [0.1, 0.15) is 36.8 Å². The van der Waals surface area contributed by atoms with Gasteiger partial charge in [0.2, 0.25) is 0 Å². The van der Waals surface area contributed by atoms with E-state index in [1.165, 1.54) is 25.5 Å². The molecule has 2 N–H and O–H groups in total. The maximum Gasteiger partial charge on any atom is 0.307 e. The number of hydrogen-bond acceptors (Lipinski definition) is 4. The molecule has 1 heterocycles. The highest BCUT2D eigenvalue weighted by Gasteiger charge is 2.25. The lowest BCUT2D eigenvalue weighted by Crippen LogP contribution is -2.40. The number of rotatable bonds is 5. The summed E-state index contributed by atoms with van der Waals surface area (Å²) in [5.41, 5.74) is 8.11. The minimum Gasteiger partial charge on any atom is -0.469 e. The Kier molecular flexibility index (Phi) is 5.56. The summed E-state index contributed by atoms with van der Waals surface area (Å²) in [7, 11) is 1.46. The lowest BCUT2D eigenvalue weighted by atomic mass is 9.98. The van der Waals surface area contributed by atoms with E-state index >= 15 is 0 Å². The van der Waals surface area contributed by atoms with Gasteiger partial charge in [0.1, 0.15) is 0 Å². The van der Waals surface area contributed by atoms with Crippen LogP contribution in [0.3, 0.4) is 0 Å². The predicted octanol–water partition coefficient (Wildman–Crippen LogP) is 2.06. The number of piperidine rings is 1. The van der Waals surface area contributed by atoms with Crippen molar-refractivity contribution in [1.82, 2.24) is 4.90 Å². The van der Waals surface area contributed by atoms with E-state index in [0.29, 0.717) is 19.0 Å². The van der Waals surface area contributed by atoms with Crippen LogP contribution in [-0.4, -0.2) is 30.6 Å². The normalized spacial score (nSPS) is 19.8. The molecule has 20 heavy (non-hydrogen) atoms. The van der Waals surface area contributed by atoms with Gasteiger partial charge in [0.25, 0.3) is 0 Å². The first-order valence-corrected chi connectivity index (χ1v) is 7.31. The number of benzene rings is 1. The number of nitrogens with zero attached hydrogens (tertiary/aromatic N) is 1. The van der Waals surface area contributed by atoms with Crippen molar-refractivity contribution in [3.8, 4) is 0 Å². The monoisotopic (exact) mass is 276 g/mol. The highest BCUT2D eigenvalue weighted by Crippen LogP contribution is 2.22. The highest BCUT2D eigenvalue weighted by molar-refractivity contribution is 5.69. The van der Waals surface area contributed by atoms with Crippen molar-refractivity contribution < 1.29 is 9.53 Å². The van der Waals surface area contributed by atoms with Gasteiger partial charge < -0.3 is 10.5 Å². The molecule has 1 aliphatic rings. The average molecular weight is 276 g/mol. The summed E-state index contributed by atoms with van der Waals surface area (Å²) in [6, 6.07) is 8.69. The van der Waals surface area contributed by atoms with E-state index in [9.17, 15) is 4.79 Å². The van der Waals surface area contributed by atoms with Gasteiger partial charge in [-0.1, -0.05) is 30.7 Å². The molecule has 0 bridgehead atoms. The van der Waals surface area contributed by atoms with Crippen LogP contribution >= 0.6 is 0 Å². The number of hydrogen-bond donors (Lipinski definition) is 1. The molecule has 1 aromatic carbocycles. The van der Waals surface area contributed by atoms with Crippen LogP contribution in [0.4, 0.5) is 0 Å². The van der Waals surface area contributed by atoms with Crippen LogP contribution in [0.15, 0.2) is 24.3 Å². The zero-order valence-corrected chi connectivity index (χ0v) is 12.2. The van der Waals surface area contributed by atoms with Crippen molar-refractivity contribution in [3.63, 3.8) is 0 Å². The summed E-state index contributed by atoms with van der Waals surface area (Å²) in [5.74, 6) is -0.113. The first-order valence-electron chi connectivity index (χ1n) is 7.31. The average Bonchev–Trinajstić information content (AvgIpc) is 2.49. The first-order chi connectivity index (χ1) is 9.72. The summed E-state index contributed by atoms with van der Waals surface area (Å²) in [4.78, 5) is 13.9. The lowest BCUT2D eigenvalue weighted by Gasteiger charge is -2.35. The van der Waals surface area contributed by atoms with Gasteiger partial charge in [0, 0.05) is 19.1 Å². The molecule has 4 heteroatoms. The summed E-state index contributed by atoms with van der Waals surface area (Å²) < 4.78 is 4.81. The molecule has 1 fully saturated rings. The third-order valence-corrected chi connectivity index (χ3v) is 3.99. The Labute approximate surface area is 120 Å². The third-order valence-electron chi connectivity index (χ3n) is 3.99. The van der Waals surface area contributed by atoms with E-state index in [2.05, 4.69) is 23.1 Å². The fraction of sp³-hybridized carbons (Fsp3) is 0.562. The fourth-order valence-corrected chi connectivity index (χ4v) is 2.86. The van der Waals surface area contributed by atoms with Crippen LogP contribution < -0.4 is 5.73 Å². The Morgan fingerprint density at radius 3 is 2.95 bits per heavy atom. The molecule has 1 atom stereocenters. The Morgan fingerprint density at radius 2 is 2.20 bits per heavy atom. The zero-order chi connectivity index (χ0) is 14.4. The molecule has 1 saturated heterocycles. The van der Waals surface area contributed by atoms with Crippen LogP contribution in [0.25, 0.3) is 0 Å². The van der Waals surface area contributed by atoms with Crippen LogP contribution in [-0.2, 0) is 22.6 Å². The van der Waals surface area contributed by atoms with Crippen molar-refractivity contribution in [3.05, 3.63) is 35.4 Å². The van der Waals surface area contributed by atoms with Gasteiger partial charge in [-0.05, 0) is 30.5 Å². The van der Waals surface area contributed by atoms with Gasteiger partial charge in [0.15, 0.2) is 0 Å². The van der Waals surface area contributed by atoms with E-state index in [1.54, 1.807) is 0 Å². The van der Waals surface area contributed by atoms with Crippen molar-refractivity contribution in [1.29, 1.82) is 0 Å². The summed E-state index contributed by atoms with van der Waals surface area (Å²) >= 11 is 0. The van der Waals surface area contributed by atoms with Gasteiger partial charge in [-0.15, -0.1) is 0 Å². The van der Waals surface area contributed by atoms with Crippen molar-refractivity contribution >= 4 is 5.97 Å². The summed E-state index contributed by atoms with van der Waals surface area (Å²) in [5, 5.41) is 0. The van der Waals surface area contributed by atoms with E-state index < -0.39 is 0 Å². The number of carbonyl (C=O) groups is 1. The highest BCUT2D eigenvalue weighted by atomic mass is 16.5. The number of ether oxygens (including phenoxy) is 1. The second-order valence-corrected chi connectivity index (χ2v) is 5.42. The summed E-state index contributed by atoms with van der Waals surface area (Å²) in [6.07, 6.45) is 3.97. The molecular weight excluding hydrogens is 252 g/mol. The molecule has 110 valence electrons. The first kappa shape index (κ1) is 15.0. The second kappa shape index (κ2) is 7.41. The SMILES string of the molecule is COC(=O)CC1CCCCN1Cc1cccc(CN)c1. The van der Waals surface area contributed by atoms with E-state index in [-0.39, 0.29) is 5.97 Å². The second-order valence-electron chi connectivity index (χ2n) is 5.42. The maximum atomic E-state index is 11.5. The van der Waals surface area contributed by atoms with Gasteiger partial charge in [-0.25, -0.2) is 0 Å². The molecule has 1 unspecified atom stereocenters.